The SMILES string of the molecule is COC(=O)COc1c(C)cc(CNCC(C)Cn2ccnc2C)cc1C. The smallest absolute Gasteiger partial charge is 0.343 e. The number of methoxy groups -OCH3 is 1. The maximum absolute atomic E-state index is 11.3. The van der Waals surface area contributed by atoms with Crippen molar-refractivity contribution in [3.63, 3.8) is 0 Å². The van der Waals surface area contributed by atoms with Crippen LogP contribution in [0.25, 0.3) is 0 Å². The van der Waals surface area contributed by atoms with Gasteiger partial charge < -0.3 is 19.4 Å². The van der Waals surface area contributed by atoms with Crippen molar-refractivity contribution in [1.29, 1.82) is 0 Å². The third kappa shape index (κ3) is 5.59. The first-order valence-electron chi connectivity index (χ1n) is 8.89. The number of aromatic nitrogens is 2. The molecule has 1 unspecified atom stereocenters. The van der Waals surface area contributed by atoms with Crippen molar-refractivity contribution in [1.82, 2.24) is 14.9 Å². The zero-order chi connectivity index (χ0) is 19.1. The van der Waals surface area contributed by atoms with E-state index in [4.69, 9.17) is 4.74 Å². The van der Waals surface area contributed by atoms with E-state index in [0.29, 0.717) is 5.92 Å². The van der Waals surface area contributed by atoms with E-state index in [1.807, 2.05) is 33.2 Å². The van der Waals surface area contributed by atoms with Crippen LogP contribution < -0.4 is 10.1 Å². The molecule has 0 aliphatic rings. The van der Waals surface area contributed by atoms with Crippen LogP contribution in [-0.4, -0.2) is 35.8 Å². The van der Waals surface area contributed by atoms with Crippen LogP contribution in [0.2, 0.25) is 0 Å². The highest BCUT2D eigenvalue weighted by molar-refractivity contribution is 5.71. The van der Waals surface area contributed by atoms with Crippen molar-refractivity contribution in [3.8, 4) is 5.75 Å². The minimum Gasteiger partial charge on any atom is -0.481 e. The molecule has 1 aromatic heterocycles. The minimum atomic E-state index is -0.378. The number of hydrogen-bond donors (Lipinski definition) is 1. The molecule has 1 heterocycles. The third-order valence-corrected chi connectivity index (χ3v) is 4.34. The van der Waals surface area contributed by atoms with Gasteiger partial charge in [-0.25, -0.2) is 9.78 Å². The van der Waals surface area contributed by atoms with Crippen LogP contribution in [0.15, 0.2) is 24.5 Å². The number of carbonyl (C=O) groups is 1. The van der Waals surface area contributed by atoms with Gasteiger partial charge in [0, 0.05) is 25.5 Å². The van der Waals surface area contributed by atoms with Gasteiger partial charge in [0.25, 0.3) is 0 Å². The van der Waals surface area contributed by atoms with Gasteiger partial charge in [0.05, 0.1) is 7.11 Å². The lowest BCUT2D eigenvalue weighted by Crippen LogP contribution is -2.24. The number of ether oxygens (including phenoxy) is 2. The molecule has 0 radical (unpaired) electrons. The number of esters is 1. The lowest BCUT2D eigenvalue weighted by molar-refractivity contribution is -0.142. The molecule has 2 rings (SSSR count). The maximum Gasteiger partial charge on any atom is 0.343 e. The predicted octanol–water partition coefficient (Wildman–Crippen LogP) is 2.79. The Labute approximate surface area is 155 Å². The Hall–Kier alpha value is -2.34. The summed E-state index contributed by atoms with van der Waals surface area (Å²) in [5.74, 6) is 1.93. The Morgan fingerprint density at radius 2 is 1.96 bits per heavy atom. The fraction of sp³-hybridized carbons (Fsp3) is 0.500. The van der Waals surface area contributed by atoms with E-state index in [2.05, 4.69) is 38.7 Å². The topological polar surface area (TPSA) is 65.4 Å². The second-order valence-electron chi connectivity index (χ2n) is 6.79. The van der Waals surface area contributed by atoms with Crippen molar-refractivity contribution in [2.45, 2.75) is 40.8 Å². The highest BCUT2D eigenvalue weighted by Crippen LogP contribution is 2.25. The van der Waals surface area contributed by atoms with Crippen LogP contribution in [0.5, 0.6) is 5.75 Å². The van der Waals surface area contributed by atoms with Gasteiger partial charge in [0.2, 0.25) is 0 Å². The summed E-state index contributed by atoms with van der Waals surface area (Å²) in [6, 6.07) is 4.19. The van der Waals surface area contributed by atoms with E-state index in [1.54, 1.807) is 0 Å². The largest absolute Gasteiger partial charge is 0.481 e. The fourth-order valence-electron chi connectivity index (χ4n) is 3.02. The van der Waals surface area contributed by atoms with Gasteiger partial charge in [0.15, 0.2) is 6.61 Å². The lowest BCUT2D eigenvalue weighted by Gasteiger charge is -2.16. The summed E-state index contributed by atoms with van der Waals surface area (Å²) in [7, 11) is 1.36. The molecule has 1 N–H and O–H groups in total. The summed E-state index contributed by atoms with van der Waals surface area (Å²) >= 11 is 0. The second kappa shape index (κ2) is 9.38. The molecule has 142 valence electrons. The van der Waals surface area contributed by atoms with E-state index < -0.39 is 0 Å². The molecule has 0 bridgehead atoms. The Morgan fingerprint density at radius 3 is 2.54 bits per heavy atom. The van der Waals surface area contributed by atoms with E-state index in [-0.39, 0.29) is 12.6 Å². The Bertz CT molecular complexity index is 717. The molecule has 26 heavy (non-hydrogen) atoms. The number of imidazole rings is 1. The van der Waals surface area contributed by atoms with Gasteiger partial charge in [0.1, 0.15) is 11.6 Å². The Kier molecular flexibility index (Phi) is 7.21. The first-order valence-corrected chi connectivity index (χ1v) is 8.89. The molecular formula is C20H29N3O3. The third-order valence-electron chi connectivity index (χ3n) is 4.34. The zero-order valence-electron chi connectivity index (χ0n) is 16.3. The average molecular weight is 359 g/mol. The molecule has 0 saturated heterocycles. The van der Waals surface area contributed by atoms with Crippen LogP contribution >= 0.6 is 0 Å². The number of nitrogens with one attached hydrogen (secondary N) is 1. The number of rotatable bonds is 9. The molecule has 0 aliphatic carbocycles. The van der Waals surface area contributed by atoms with Gasteiger partial charge in [-0.2, -0.15) is 0 Å². The van der Waals surface area contributed by atoms with Crippen molar-refractivity contribution in [2.24, 2.45) is 5.92 Å². The van der Waals surface area contributed by atoms with Crippen LogP contribution in [0, 0.1) is 26.7 Å². The zero-order valence-corrected chi connectivity index (χ0v) is 16.3. The van der Waals surface area contributed by atoms with Gasteiger partial charge >= 0.3 is 5.97 Å². The summed E-state index contributed by atoms with van der Waals surface area (Å²) in [4.78, 5) is 15.5. The van der Waals surface area contributed by atoms with Crippen molar-refractivity contribution < 1.29 is 14.3 Å². The molecule has 6 nitrogen and oxygen atoms in total. The molecule has 1 atom stereocenters. The van der Waals surface area contributed by atoms with E-state index >= 15 is 0 Å². The number of benzene rings is 1. The van der Waals surface area contributed by atoms with Crippen molar-refractivity contribution in [2.75, 3.05) is 20.3 Å². The molecule has 0 saturated carbocycles. The first kappa shape index (κ1) is 20.0. The highest BCUT2D eigenvalue weighted by atomic mass is 16.6. The summed E-state index contributed by atoms with van der Waals surface area (Å²) in [6.07, 6.45) is 3.86. The molecule has 0 spiro atoms. The molecule has 6 heteroatoms. The van der Waals surface area contributed by atoms with Crippen LogP contribution in [0.4, 0.5) is 0 Å². The van der Waals surface area contributed by atoms with Gasteiger partial charge in [-0.3, -0.25) is 0 Å². The summed E-state index contributed by atoms with van der Waals surface area (Å²) in [5, 5.41) is 3.52. The lowest BCUT2D eigenvalue weighted by atomic mass is 10.1. The molecule has 0 amide bonds. The predicted molar refractivity (Wildman–Crippen MR) is 101 cm³/mol. The van der Waals surface area contributed by atoms with Gasteiger partial charge in [-0.1, -0.05) is 19.1 Å². The molecule has 0 aliphatic heterocycles. The Morgan fingerprint density at radius 1 is 1.27 bits per heavy atom. The standard InChI is InChI=1S/C20H29N3O3/c1-14(12-23-7-6-22-17(23)4)10-21-11-18-8-15(2)20(16(3)9-18)26-13-19(24)25-5/h6-9,14,21H,10-13H2,1-5H3. The normalized spacial score (nSPS) is 12.0. The average Bonchev–Trinajstić information content (AvgIpc) is 2.98. The van der Waals surface area contributed by atoms with Gasteiger partial charge in [-0.15, -0.1) is 0 Å². The maximum atomic E-state index is 11.3. The second-order valence-corrected chi connectivity index (χ2v) is 6.79. The van der Waals surface area contributed by atoms with E-state index in [0.717, 1.165) is 42.3 Å². The van der Waals surface area contributed by atoms with Crippen LogP contribution in [0.3, 0.4) is 0 Å². The Balaban J connectivity index is 1.85. The summed E-state index contributed by atoms with van der Waals surface area (Å²) in [6.45, 7) is 10.9. The highest BCUT2D eigenvalue weighted by Gasteiger charge is 2.10. The number of nitrogens with zero attached hydrogens (tertiary/aromatic N) is 2. The fourth-order valence-corrected chi connectivity index (χ4v) is 3.02. The van der Waals surface area contributed by atoms with Crippen molar-refractivity contribution in [3.05, 3.63) is 47.0 Å². The molecule has 1 aromatic carbocycles. The number of aryl methyl sites for hydroxylation is 3. The monoisotopic (exact) mass is 359 g/mol. The van der Waals surface area contributed by atoms with E-state index in [1.165, 1.54) is 12.7 Å². The number of carbonyl (C=O) groups excluding carboxylic acids is 1. The quantitative estimate of drug-likeness (QED) is 0.698. The summed E-state index contributed by atoms with van der Waals surface area (Å²) in [5.41, 5.74) is 3.25. The molecule has 0 fully saturated rings. The van der Waals surface area contributed by atoms with Crippen LogP contribution in [0.1, 0.15) is 29.4 Å². The molecule has 2 aromatic rings. The van der Waals surface area contributed by atoms with Gasteiger partial charge in [-0.05, 0) is 49.9 Å². The van der Waals surface area contributed by atoms with E-state index in [9.17, 15) is 4.79 Å². The minimum absolute atomic E-state index is 0.0685. The van der Waals surface area contributed by atoms with Crippen molar-refractivity contribution >= 4 is 5.97 Å². The molecular weight excluding hydrogens is 330 g/mol. The summed E-state index contributed by atoms with van der Waals surface area (Å²) < 4.78 is 12.4. The first-order chi connectivity index (χ1) is 12.4. The number of hydrogen-bond acceptors (Lipinski definition) is 5. The van der Waals surface area contributed by atoms with Crippen LogP contribution in [-0.2, 0) is 22.6 Å².